The maximum atomic E-state index is 4.45. The van der Waals surface area contributed by atoms with E-state index in [4.69, 9.17) is 0 Å². The van der Waals surface area contributed by atoms with Crippen LogP contribution in [0.2, 0.25) is 0 Å². The van der Waals surface area contributed by atoms with E-state index in [2.05, 4.69) is 34.8 Å². The molecule has 0 saturated heterocycles. The Balaban J connectivity index is 1.78. The highest BCUT2D eigenvalue weighted by Gasteiger charge is 1.99. The molecule has 0 unspecified atom stereocenters. The second-order valence-electron chi connectivity index (χ2n) is 3.32. The molecule has 0 aliphatic carbocycles. The van der Waals surface area contributed by atoms with Crippen LogP contribution in [0, 0.1) is 6.92 Å². The molecule has 0 bridgehead atoms. The van der Waals surface area contributed by atoms with Gasteiger partial charge in [0.2, 0.25) is 0 Å². The Kier molecular flexibility index (Phi) is 3.32. The summed E-state index contributed by atoms with van der Waals surface area (Å²) in [5.41, 5.74) is 1.15. The summed E-state index contributed by atoms with van der Waals surface area (Å²) in [6.07, 6.45) is 3.53. The van der Waals surface area contributed by atoms with Gasteiger partial charge in [0.05, 0.1) is 5.01 Å². The largest absolute Gasteiger partial charge is 0.247 e. The molecule has 0 spiro atoms. The van der Waals surface area contributed by atoms with Crippen molar-refractivity contribution in [1.29, 1.82) is 0 Å². The summed E-state index contributed by atoms with van der Waals surface area (Å²) in [5, 5.41) is 5.54. The number of aryl methyl sites for hydroxylation is 3. The Bertz CT molecular complexity index is 376. The molecule has 0 fully saturated rings. The van der Waals surface area contributed by atoms with Gasteiger partial charge in [-0.25, -0.2) is 4.98 Å². The van der Waals surface area contributed by atoms with Crippen molar-refractivity contribution in [3.05, 3.63) is 38.5 Å². The fourth-order valence-electron chi connectivity index (χ4n) is 1.39. The van der Waals surface area contributed by atoms with Gasteiger partial charge in [-0.3, -0.25) is 0 Å². The molecular weight excluding hydrogens is 210 g/mol. The minimum atomic E-state index is 1.12. The number of rotatable bonds is 4. The maximum Gasteiger partial charge on any atom is 0.0928 e. The molecule has 14 heavy (non-hydrogen) atoms. The Morgan fingerprint density at radius 3 is 2.86 bits per heavy atom. The Morgan fingerprint density at radius 2 is 2.21 bits per heavy atom. The summed E-state index contributed by atoms with van der Waals surface area (Å²) in [4.78, 5) is 5.94. The number of hydrogen-bond acceptors (Lipinski definition) is 3. The molecule has 1 nitrogen and oxygen atoms in total. The van der Waals surface area contributed by atoms with Crippen LogP contribution in [0.5, 0.6) is 0 Å². The van der Waals surface area contributed by atoms with E-state index in [-0.39, 0.29) is 0 Å². The summed E-state index contributed by atoms with van der Waals surface area (Å²) >= 11 is 3.63. The number of thiophene rings is 1. The number of aromatic nitrogens is 1. The second kappa shape index (κ2) is 4.71. The molecule has 74 valence electrons. The Labute approximate surface area is 92.4 Å². The first-order valence-corrected chi connectivity index (χ1v) is 6.54. The van der Waals surface area contributed by atoms with Crippen molar-refractivity contribution in [2.24, 2.45) is 0 Å². The van der Waals surface area contributed by atoms with Crippen LogP contribution in [0.25, 0.3) is 0 Å². The predicted octanol–water partition coefficient (Wildman–Crippen LogP) is 3.69. The van der Waals surface area contributed by atoms with Gasteiger partial charge in [-0.2, -0.15) is 0 Å². The van der Waals surface area contributed by atoms with Crippen molar-refractivity contribution in [1.82, 2.24) is 4.98 Å². The first kappa shape index (κ1) is 9.87. The minimum Gasteiger partial charge on any atom is -0.247 e. The number of thiazole rings is 1. The molecular formula is C11H13NS2. The molecule has 0 aromatic carbocycles. The maximum absolute atomic E-state index is 4.45. The average Bonchev–Trinajstić information content (AvgIpc) is 2.77. The van der Waals surface area contributed by atoms with E-state index in [1.807, 2.05) is 11.3 Å². The van der Waals surface area contributed by atoms with Crippen molar-refractivity contribution in [2.45, 2.75) is 26.2 Å². The van der Waals surface area contributed by atoms with Gasteiger partial charge in [0.25, 0.3) is 0 Å². The van der Waals surface area contributed by atoms with Crippen LogP contribution in [0.3, 0.4) is 0 Å². The number of hydrogen-bond donors (Lipinski definition) is 0. The SMILES string of the molecule is Cc1csc(CCCc2cccs2)n1. The van der Waals surface area contributed by atoms with Gasteiger partial charge in [0, 0.05) is 16.0 Å². The topological polar surface area (TPSA) is 12.9 Å². The molecule has 0 aliphatic heterocycles. The molecule has 2 heterocycles. The normalized spacial score (nSPS) is 10.6. The van der Waals surface area contributed by atoms with Gasteiger partial charge in [-0.05, 0) is 37.6 Å². The summed E-state index contributed by atoms with van der Waals surface area (Å²) < 4.78 is 0. The molecule has 2 rings (SSSR count). The number of nitrogens with zero attached hydrogens (tertiary/aromatic N) is 1. The van der Waals surface area contributed by atoms with Gasteiger partial charge in [-0.1, -0.05) is 6.07 Å². The lowest BCUT2D eigenvalue weighted by Crippen LogP contribution is -1.87. The van der Waals surface area contributed by atoms with Gasteiger partial charge < -0.3 is 0 Å². The first-order chi connectivity index (χ1) is 6.84. The molecule has 0 N–H and O–H groups in total. The fourth-order valence-corrected chi connectivity index (χ4v) is 2.96. The van der Waals surface area contributed by atoms with Crippen LogP contribution in [0.4, 0.5) is 0 Å². The van der Waals surface area contributed by atoms with Crippen molar-refractivity contribution in [3.63, 3.8) is 0 Å². The van der Waals surface area contributed by atoms with Gasteiger partial charge >= 0.3 is 0 Å². The zero-order valence-electron chi connectivity index (χ0n) is 8.19. The van der Waals surface area contributed by atoms with E-state index in [1.165, 1.54) is 22.7 Å². The Morgan fingerprint density at radius 1 is 1.29 bits per heavy atom. The van der Waals surface area contributed by atoms with Gasteiger partial charge in [0.15, 0.2) is 0 Å². The molecule has 0 atom stereocenters. The highest BCUT2D eigenvalue weighted by molar-refractivity contribution is 7.10. The standard InChI is InChI=1S/C11H13NS2/c1-9-8-14-11(12-9)6-2-4-10-5-3-7-13-10/h3,5,7-8H,2,4,6H2,1H3. The predicted molar refractivity (Wildman–Crippen MR) is 63.2 cm³/mol. The zero-order chi connectivity index (χ0) is 9.80. The highest BCUT2D eigenvalue weighted by atomic mass is 32.1. The summed E-state index contributed by atoms with van der Waals surface area (Å²) in [7, 11) is 0. The second-order valence-corrected chi connectivity index (χ2v) is 5.29. The van der Waals surface area contributed by atoms with E-state index in [1.54, 1.807) is 11.3 Å². The van der Waals surface area contributed by atoms with Crippen molar-refractivity contribution >= 4 is 22.7 Å². The fraction of sp³-hybridized carbons (Fsp3) is 0.364. The van der Waals surface area contributed by atoms with Crippen molar-refractivity contribution in [3.8, 4) is 0 Å². The highest BCUT2D eigenvalue weighted by Crippen LogP contribution is 2.15. The average molecular weight is 223 g/mol. The third-order valence-corrected chi connectivity index (χ3v) is 4.02. The summed E-state index contributed by atoms with van der Waals surface area (Å²) in [5.74, 6) is 0. The van der Waals surface area contributed by atoms with Crippen LogP contribution in [-0.4, -0.2) is 4.98 Å². The third kappa shape index (κ3) is 2.66. The van der Waals surface area contributed by atoms with E-state index in [0.717, 1.165) is 12.1 Å². The van der Waals surface area contributed by atoms with E-state index in [0.29, 0.717) is 0 Å². The minimum absolute atomic E-state index is 1.12. The van der Waals surface area contributed by atoms with Crippen LogP contribution in [0.1, 0.15) is 22.0 Å². The molecule has 0 amide bonds. The summed E-state index contributed by atoms with van der Waals surface area (Å²) in [6.45, 7) is 2.05. The first-order valence-electron chi connectivity index (χ1n) is 4.78. The van der Waals surface area contributed by atoms with E-state index in [9.17, 15) is 0 Å². The lowest BCUT2D eigenvalue weighted by atomic mass is 10.2. The van der Waals surface area contributed by atoms with Crippen molar-refractivity contribution < 1.29 is 0 Å². The molecule has 3 heteroatoms. The van der Waals surface area contributed by atoms with Crippen molar-refractivity contribution in [2.75, 3.05) is 0 Å². The quantitative estimate of drug-likeness (QED) is 0.770. The molecule has 2 aromatic heterocycles. The lowest BCUT2D eigenvalue weighted by Gasteiger charge is -1.95. The molecule has 0 saturated carbocycles. The van der Waals surface area contributed by atoms with Gasteiger partial charge in [0.1, 0.15) is 0 Å². The monoisotopic (exact) mass is 223 g/mol. The van der Waals surface area contributed by atoms with Gasteiger partial charge in [-0.15, -0.1) is 22.7 Å². The zero-order valence-corrected chi connectivity index (χ0v) is 9.83. The van der Waals surface area contributed by atoms with Crippen LogP contribution < -0.4 is 0 Å². The van der Waals surface area contributed by atoms with Crippen LogP contribution >= 0.6 is 22.7 Å². The van der Waals surface area contributed by atoms with E-state index < -0.39 is 0 Å². The van der Waals surface area contributed by atoms with E-state index >= 15 is 0 Å². The summed E-state index contributed by atoms with van der Waals surface area (Å²) in [6, 6.07) is 4.32. The smallest absolute Gasteiger partial charge is 0.0928 e. The molecule has 2 aromatic rings. The Hall–Kier alpha value is -0.670. The van der Waals surface area contributed by atoms with Crippen LogP contribution in [-0.2, 0) is 12.8 Å². The molecule has 0 radical (unpaired) electrons. The lowest BCUT2D eigenvalue weighted by molar-refractivity contribution is 0.822. The third-order valence-electron chi connectivity index (χ3n) is 2.06. The van der Waals surface area contributed by atoms with Crippen LogP contribution in [0.15, 0.2) is 22.9 Å². The molecule has 0 aliphatic rings.